The molecule has 0 aliphatic carbocycles. The van der Waals surface area contributed by atoms with Crippen LogP contribution >= 0.6 is 27.3 Å². The van der Waals surface area contributed by atoms with Crippen molar-refractivity contribution in [2.75, 3.05) is 0 Å². The maximum atomic E-state index is 12.6. The first-order chi connectivity index (χ1) is 13.0. The summed E-state index contributed by atoms with van der Waals surface area (Å²) in [5.41, 5.74) is 7.63. The summed E-state index contributed by atoms with van der Waals surface area (Å²) >= 11 is 4.89. The zero-order valence-corrected chi connectivity index (χ0v) is 17.3. The minimum absolute atomic E-state index is 0.208. The number of fused-ring (bicyclic) bond motifs is 3. The second-order valence-electron chi connectivity index (χ2n) is 6.40. The van der Waals surface area contributed by atoms with Gasteiger partial charge in [0.1, 0.15) is 12.4 Å². The molecule has 4 rings (SSSR count). The third-order valence-corrected chi connectivity index (χ3v) is 6.12. The summed E-state index contributed by atoms with van der Waals surface area (Å²) in [5.74, 6) is 0.658. The molecule has 0 bridgehead atoms. The quantitative estimate of drug-likeness (QED) is 0.429. The van der Waals surface area contributed by atoms with Crippen molar-refractivity contribution >= 4 is 38.9 Å². The Hall–Kier alpha value is -2.44. The van der Waals surface area contributed by atoms with E-state index < -0.39 is 0 Å². The van der Waals surface area contributed by atoms with Crippen LogP contribution in [0.2, 0.25) is 0 Å². The molecule has 6 heteroatoms. The highest BCUT2D eigenvalue weighted by Gasteiger charge is 2.22. The predicted octanol–water partition coefficient (Wildman–Crippen LogP) is 5.53. The number of carbonyl (C=O) groups excluding carboxylic acids is 1. The van der Waals surface area contributed by atoms with E-state index in [4.69, 9.17) is 4.74 Å². The van der Waals surface area contributed by atoms with E-state index in [-0.39, 0.29) is 5.91 Å². The van der Waals surface area contributed by atoms with Gasteiger partial charge in [0.25, 0.3) is 5.91 Å². The van der Waals surface area contributed by atoms with Gasteiger partial charge in [-0.15, -0.1) is 11.3 Å². The van der Waals surface area contributed by atoms with Crippen LogP contribution in [0.5, 0.6) is 5.75 Å². The van der Waals surface area contributed by atoms with Crippen molar-refractivity contribution in [3.05, 3.63) is 74.6 Å². The van der Waals surface area contributed by atoms with Crippen molar-refractivity contribution in [1.29, 1.82) is 0 Å². The Morgan fingerprint density at radius 1 is 1.19 bits per heavy atom. The number of nitrogens with zero attached hydrogens (tertiary/aromatic N) is 1. The van der Waals surface area contributed by atoms with Gasteiger partial charge in [-0.3, -0.25) is 4.79 Å². The molecule has 0 saturated carbocycles. The molecule has 1 aromatic heterocycles. The van der Waals surface area contributed by atoms with E-state index >= 15 is 0 Å². The number of halogens is 1. The molecule has 27 heavy (non-hydrogen) atoms. The normalized spacial score (nSPS) is 12.8. The van der Waals surface area contributed by atoms with Crippen LogP contribution in [-0.2, 0) is 6.61 Å². The van der Waals surface area contributed by atoms with E-state index in [0.29, 0.717) is 11.5 Å². The molecule has 1 aliphatic rings. The number of aryl methyl sites for hydroxylation is 1. The fourth-order valence-electron chi connectivity index (χ4n) is 2.92. The minimum atomic E-state index is -0.208. The van der Waals surface area contributed by atoms with Crippen LogP contribution in [0.1, 0.15) is 33.3 Å². The zero-order chi connectivity index (χ0) is 19.0. The van der Waals surface area contributed by atoms with Crippen molar-refractivity contribution in [3.63, 3.8) is 0 Å². The molecule has 4 nitrogen and oxygen atoms in total. The summed E-state index contributed by atoms with van der Waals surface area (Å²) < 4.78 is 6.81. The van der Waals surface area contributed by atoms with Crippen LogP contribution in [0.15, 0.2) is 58.1 Å². The van der Waals surface area contributed by atoms with Gasteiger partial charge in [0.2, 0.25) is 0 Å². The molecule has 3 aromatic rings. The van der Waals surface area contributed by atoms with Crippen molar-refractivity contribution in [2.45, 2.75) is 20.5 Å². The summed E-state index contributed by atoms with van der Waals surface area (Å²) in [6.45, 7) is 4.40. The number of amides is 1. The second-order valence-corrected chi connectivity index (χ2v) is 8.37. The number of benzene rings is 2. The average Bonchev–Trinajstić information content (AvgIpc) is 3.11. The number of carbonyl (C=O) groups is 1. The van der Waals surface area contributed by atoms with Crippen LogP contribution < -0.4 is 10.2 Å². The molecule has 1 N–H and O–H groups in total. The van der Waals surface area contributed by atoms with Crippen LogP contribution in [0.3, 0.4) is 0 Å². The van der Waals surface area contributed by atoms with Crippen LogP contribution in [0.25, 0.3) is 10.4 Å². The number of hydrazone groups is 1. The average molecular weight is 441 g/mol. The molecule has 0 fully saturated rings. The molecule has 0 spiro atoms. The van der Waals surface area contributed by atoms with Gasteiger partial charge >= 0.3 is 0 Å². The van der Waals surface area contributed by atoms with Gasteiger partial charge in [-0.1, -0.05) is 39.7 Å². The Morgan fingerprint density at radius 2 is 1.96 bits per heavy atom. The molecule has 2 heterocycles. The summed E-state index contributed by atoms with van der Waals surface area (Å²) in [7, 11) is 0. The van der Waals surface area contributed by atoms with Gasteiger partial charge < -0.3 is 4.74 Å². The molecule has 0 unspecified atom stereocenters. The number of nitrogens with one attached hydrogen (secondary N) is 1. The number of hydrogen-bond donors (Lipinski definition) is 1. The van der Waals surface area contributed by atoms with Gasteiger partial charge in [-0.25, -0.2) is 5.43 Å². The predicted molar refractivity (Wildman–Crippen MR) is 113 cm³/mol. The topological polar surface area (TPSA) is 50.7 Å². The minimum Gasteiger partial charge on any atom is -0.488 e. The Bertz CT molecular complexity index is 1050. The van der Waals surface area contributed by atoms with Crippen LogP contribution in [-0.4, -0.2) is 11.6 Å². The number of ether oxygens (including phenoxy) is 1. The van der Waals surface area contributed by atoms with E-state index in [0.717, 1.165) is 37.5 Å². The molecule has 0 saturated heterocycles. The number of hydrogen-bond acceptors (Lipinski definition) is 4. The molecular formula is C21H17BrN2O2S. The number of thiophene rings is 1. The molecule has 0 atom stereocenters. The van der Waals surface area contributed by atoms with E-state index in [2.05, 4.69) is 39.4 Å². The van der Waals surface area contributed by atoms with Crippen molar-refractivity contribution in [1.82, 2.24) is 5.43 Å². The lowest BCUT2D eigenvalue weighted by Crippen LogP contribution is -2.18. The Balaban J connectivity index is 1.56. The maximum Gasteiger partial charge on any atom is 0.281 e. The third-order valence-electron chi connectivity index (χ3n) is 4.38. The molecule has 1 aliphatic heterocycles. The SMILES string of the molecule is C/C(=N\NC(=O)c1cc2c(s1)-c1cc(C)ccc1OC2)c1ccc(Br)cc1. The molecular weight excluding hydrogens is 424 g/mol. The lowest BCUT2D eigenvalue weighted by molar-refractivity contribution is 0.0959. The molecule has 136 valence electrons. The van der Waals surface area contributed by atoms with Gasteiger partial charge in [0, 0.05) is 20.5 Å². The van der Waals surface area contributed by atoms with E-state index in [9.17, 15) is 4.79 Å². The van der Waals surface area contributed by atoms with Gasteiger partial charge in [-0.2, -0.15) is 5.10 Å². The van der Waals surface area contributed by atoms with E-state index in [1.807, 2.05) is 49.4 Å². The third kappa shape index (κ3) is 3.68. The summed E-state index contributed by atoms with van der Waals surface area (Å²) in [6.07, 6.45) is 0. The first-order valence-corrected chi connectivity index (χ1v) is 10.1. The van der Waals surface area contributed by atoms with Crippen molar-refractivity contribution in [2.24, 2.45) is 5.10 Å². The Morgan fingerprint density at radius 3 is 2.74 bits per heavy atom. The second kappa shape index (κ2) is 7.29. The highest BCUT2D eigenvalue weighted by molar-refractivity contribution is 9.10. The van der Waals surface area contributed by atoms with E-state index in [1.54, 1.807) is 0 Å². The van der Waals surface area contributed by atoms with Gasteiger partial charge in [0.15, 0.2) is 0 Å². The van der Waals surface area contributed by atoms with Gasteiger partial charge in [0.05, 0.1) is 10.6 Å². The molecule has 0 radical (unpaired) electrons. The standard InChI is InChI=1S/C21H17BrN2O2S/c1-12-3-8-18-17(9-12)20-15(11-26-18)10-19(27-20)21(25)24-23-13(2)14-4-6-16(22)7-5-14/h3-10H,11H2,1-2H3,(H,24,25)/b23-13+. The summed E-state index contributed by atoms with van der Waals surface area (Å²) in [6, 6.07) is 15.8. The fourth-order valence-corrected chi connectivity index (χ4v) is 4.27. The monoisotopic (exact) mass is 440 g/mol. The summed E-state index contributed by atoms with van der Waals surface area (Å²) in [4.78, 5) is 14.3. The lowest BCUT2D eigenvalue weighted by Gasteiger charge is -2.17. The first kappa shape index (κ1) is 17.9. The van der Waals surface area contributed by atoms with Crippen LogP contribution in [0, 0.1) is 6.92 Å². The maximum absolute atomic E-state index is 12.6. The molecule has 2 aromatic carbocycles. The van der Waals surface area contributed by atoms with Gasteiger partial charge in [-0.05, 0) is 49.7 Å². The lowest BCUT2D eigenvalue weighted by atomic mass is 10.0. The first-order valence-electron chi connectivity index (χ1n) is 8.48. The van der Waals surface area contributed by atoms with Crippen molar-refractivity contribution < 1.29 is 9.53 Å². The van der Waals surface area contributed by atoms with Crippen molar-refractivity contribution in [3.8, 4) is 16.2 Å². The Kier molecular flexibility index (Phi) is 4.85. The summed E-state index contributed by atoms with van der Waals surface area (Å²) in [5, 5.41) is 4.24. The number of rotatable bonds is 3. The fraction of sp³-hybridized carbons (Fsp3) is 0.143. The largest absolute Gasteiger partial charge is 0.488 e. The highest BCUT2D eigenvalue weighted by Crippen LogP contribution is 2.42. The highest BCUT2D eigenvalue weighted by atomic mass is 79.9. The smallest absolute Gasteiger partial charge is 0.281 e. The van der Waals surface area contributed by atoms with E-state index in [1.165, 1.54) is 16.9 Å². The molecule has 1 amide bonds. The Labute approximate surface area is 170 Å². The van der Waals surface area contributed by atoms with Crippen LogP contribution in [0.4, 0.5) is 0 Å². The zero-order valence-electron chi connectivity index (χ0n) is 14.9.